The van der Waals surface area contributed by atoms with Crippen LogP contribution in [0, 0.1) is 15.8 Å². The first-order chi connectivity index (χ1) is 11.9. The number of nitrogens with two attached hydrogens (primary N) is 1. The summed E-state index contributed by atoms with van der Waals surface area (Å²) < 4.78 is 0.451. The fraction of sp³-hybridized carbons (Fsp3) is 0.375. The number of nitrogens with zero attached hydrogens (tertiary/aromatic N) is 2. The van der Waals surface area contributed by atoms with E-state index in [4.69, 9.17) is 18.1 Å². The van der Waals surface area contributed by atoms with Crippen molar-refractivity contribution in [3.05, 3.63) is 39.8 Å². The number of carbonyl (C=O) groups is 2. The highest BCUT2D eigenvalue weighted by Crippen LogP contribution is 2.19. The van der Waals surface area contributed by atoms with Crippen LogP contribution in [0.15, 0.2) is 30.3 Å². The molecule has 25 heavy (non-hydrogen) atoms. The Bertz CT molecular complexity index is 772. The molecule has 0 aliphatic heterocycles. The molecule has 0 saturated heterocycles. The van der Waals surface area contributed by atoms with E-state index >= 15 is 0 Å². The van der Waals surface area contributed by atoms with Crippen molar-refractivity contribution < 1.29 is 9.59 Å². The Morgan fingerprint density at radius 3 is 2.60 bits per heavy atom. The maximum atomic E-state index is 12.7. The van der Waals surface area contributed by atoms with Crippen molar-refractivity contribution in [2.75, 3.05) is 5.32 Å². The Labute approximate surface area is 155 Å². The molecule has 134 valence electrons. The Morgan fingerprint density at radius 1 is 1.36 bits per heavy atom. The van der Waals surface area contributed by atoms with E-state index < -0.39 is 17.7 Å². The smallest absolute Gasteiger partial charge is 0.249 e. The molecule has 0 radical (unpaired) electrons. The van der Waals surface area contributed by atoms with Gasteiger partial charge in [-0.15, -0.1) is 5.10 Å². The quantitative estimate of drug-likeness (QED) is 0.226. The minimum atomic E-state index is -0.883. The van der Waals surface area contributed by atoms with Crippen LogP contribution in [0.2, 0.25) is 0 Å². The zero-order valence-corrected chi connectivity index (χ0v) is 15.7. The number of aromatic nitrogens is 2. The topological polar surface area (TPSA) is 104 Å². The predicted molar refractivity (Wildman–Crippen MR) is 100 cm³/mol. The van der Waals surface area contributed by atoms with Gasteiger partial charge in [0.15, 0.2) is 3.95 Å². The molecule has 1 aromatic carbocycles. The Balaban J connectivity index is 2.10. The maximum Gasteiger partial charge on any atom is 0.249 e. The third-order valence-corrected chi connectivity index (χ3v) is 4.47. The molecular weight excluding hydrogens is 358 g/mol. The molecule has 0 aliphatic rings. The molecule has 0 bridgehead atoms. The van der Waals surface area contributed by atoms with Gasteiger partial charge in [0, 0.05) is 0 Å². The third kappa shape index (κ3) is 5.73. The van der Waals surface area contributed by atoms with E-state index in [0.29, 0.717) is 15.5 Å². The Morgan fingerprint density at radius 2 is 2.04 bits per heavy atom. The molecular formula is C16H21N5O2S2. The van der Waals surface area contributed by atoms with Crippen molar-refractivity contribution in [3.8, 4) is 0 Å². The van der Waals surface area contributed by atoms with E-state index in [1.807, 2.05) is 44.2 Å². The average Bonchev–Trinajstić information content (AvgIpc) is 2.97. The maximum absolute atomic E-state index is 12.7. The monoisotopic (exact) mass is 379 g/mol. The van der Waals surface area contributed by atoms with Gasteiger partial charge in [-0.2, -0.15) is 0 Å². The molecule has 2 amide bonds. The van der Waals surface area contributed by atoms with Gasteiger partial charge < -0.3 is 0 Å². The van der Waals surface area contributed by atoms with E-state index in [0.717, 1.165) is 21.9 Å². The SMILES string of the molecule is CC(C)CC(C(=O)Nc1n[nH]c(=S)s1)C(=O)N(N)Cc1ccccc1. The van der Waals surface area contributed by atoms with Gasteiger partial charge in [0.05, 0.1) is 6.54 Å². The molecule has 0 aliphatic carbocycles. The van der Waals surface area contributed by atoms with Gasteiger partial charge in [0.2, 0.25) is 16.9 Å². The van der Waals surface area contributed by atoms with Crippen molar-refractivity contribution in [1.29, 1.82) is 0 Å². The second kappa shape index (κ2) is 8.84. The average molecular weight is 380 g/mol. The first-order valence-corrected chi connectivity index (χ1v) is 9.05. The minimum absolute atomic E-state index is 0.155. The number of nitrogens with one attached hydrogen (secondary N) is 2. The molecule has 1 heterocycles. The van der Waals surface area contributed by atoms with Crippen LogP contribution < -0.4 is 11.2 Å². The number of aromatic amines is 1. The van der Waals surface area contributed by atoms with Crippen molar-refractivity contribution in [2.24, 2.45) is 17.7 Å². The molecule has 0 saturated carbocycles. The summed E-state index contributed by atoms with van der Waals surface area (Å²) in [6, 6.07) is 9.39. The zero-order valence-electron chi connectivity index (χ0n) is 14.1. The van der Waals surface area contributed by atoms with Crippen LogP contribution >= 0.6 is 23.6 Å². The standard InChI is InChI=1S/C16H21N5O2S2/c1-10(2)8-12(13(22)18-15-19-20-16(24)25-15)14(23)21(17)9-11-6-4-3-5-7-11/h3-7,10,12H,8-9,17H2,1-2H3,(H,20,24)(H,18,19,22). The van der Waals surface area contributed by atoms with E-state index in [9.17, 15) is 9.59 Å². The summed E-state index contributed by atoms with van der Waals surface area (Å²) in [6.45, 7) is 4.14. The van der Waals surface area contributed by atoms with Crippen molar-refractivity contribution >= 4 is 40.5 Å². The minimum Gasteiger partial charge on any atom is -0.300 e. The van der Waals surface area contributed by atoms with Crippen LogP contribution in [0.25, 0.3) is 0 Å². The lowest BCUT2D eigenvalue weighted by Gasteiger charge is -2.23. The number of H-pyrrole nitrogens is 1. The normalized spacial score (nSPS) is 12.0. The first-order valence-electron chi connectivity index (χ1n) is 7.83. The number of hydrogen-bond donors (Lipinski definition) is 3. The zero-order chi connectivity index (χ0) is 18.4. The summed E-state index contributed by atoms with van der Waals surface area (Å²) in [6.07, 6.45) is 0.392. The van der Waals surface area contributed by atoms with E-state index in [-0.39, 0.29) is 12.5 Å². The van der Waals surface area contributed by atoms with Crippen LogP contribution in [0.1, 0.15) is 25.8 Å². The second-order valence-corrected chi connectivity index (χ2v) is 7.71. The first kappa shape index (κ1) is 19.2. The van der Waals surface area contributed by atoms with Crippen LogP contribution in [-0.4, -0.2) is 27.0 Å². The molecule has 1 unspecified atom stereocenters. The molecule has 1 atom stereocenters. The highest BCUT2D eigenvalue weighted by atomic mass is 32.1. The fourth-order valence-electron chi connectivity index (χ4n) is 2.33. The highest BCUT2D eigenvalue weighted by molar-refractivity contribution is 7.73. The summed E-state index contributed by atoms with van der Waals surface area (Å²) in [5.41, 5.74) is 0.896. The molecule has 4 N–H and O–H groups in total. The number of rotatable bonds is 7. The number of benzene rings is 1. The fourth-order valence-corrected chi connectivity index (χ4v) is 3.12. The summed E-state index contributed by atoms with van der Waals surface area (Å²) in [7, 11) is 0. The van der Waals surface area contributed by atoms with E-state index in [2.05, 4.69) is 15.5 Å². The largest absolute Gasteiger partial charge is 0.300 e. The van der Waals surface area contributed by atoms with Crippen LogP contribution in [-0.2, 0) is 16.1 Å². The lowest BCUT2D eigenvalue weighted by atomic mass is 9.95. The van der Waals surface area contributed by atoms with Gasteiger partial charge in [-0.05, 0) is 30.1 Å². The number of hydrogen-bond acceptors (Lipinski definition) is 6. The van der Waals surface area contributed by atoms with E-state index in [1.54, 1.807) is 0 Å². The summed E-state index contributed by atoms with van der Waals surface area (Å²) in [5.74, 6) is 4.35. The van der Waals surface area contributed by atoms with Crippen molar-refractivity contribution in [3.63, 3.8) is 0 Å². The van der Waals surface area contributed by atoms with Crippen LogP contribution in [0.3, 0.4) is 0 Å². The number of carbonyl (C=O) groups excluding carboxylic acids is 2. The highest BCUT2D eigenvalue weighted by Gasteiger charge is 2.31. The van der Waals surface area contributed by atoms with E-state index in [1.165, 1.54) is 0 Å². The summed E-state index contributed by atoms with van der Waals surface area (Å²) >= 11 is 6.08. The van der Waals surface area contributed by atoms with Gasteiger partial charge >= 0.3 is 0 Å². The lowest BCUT2D eigenvalue weighted by Crippen LogP contribution is -2.45. The summed E-state index contributed by atoms with van der Waals surface area (Å²) in [5, 5.41) is 10.5. The second-order valence-electron chi connectivity index (χ2n) is 6.04. The third-order valence-electron chi connectivity index (χ3n) is 3.47. The molecule has 0 spiro atoms. The Hall–Kier alpha value is -2.10. The van der Waals surface area contributed by atoms with Gasteiger partial charge in [-0.1, -0.05) is 55.5 Å². The number of anilines is 1. The van der Waals surface area contributed by atoms with Crippen LogP contribution in [0.4, 0.5) is 5.13 Å². The number of hydrazine groups is 1. The van der Waals surface area contributed by atoms with Crippen molar-refractivity contribution in [2.45, 2.75) is 26.8 Å². The molecule has 2 rings (SSSR count). The molecule has 0 fully saturated rings. The molecule has 9 heteroatoms. The molecule has 2 aromatic rings. The van der Waals surface area contributed by atoms with Gasteiger partial charge in [-0.3, -0.25) is 25.0 Å². The van der Waals surface area contributed by atoms with Crippen molar-refractivity contribution in [1.82, 2.24) is 15.2 Å². The van der Waals surface area contributed by atoms with Crippen LogP contribution in [0.5, 0.6) is 0 Å². The Kier molecular flexibility index (Phi) is 6.80. The van der Waals surface area contributed by atoms with Gasteiger partial charge in [-0.25, -0.2) is 5.84 Å². The lowest BCUT2D eigenvalue weighted by molar-refractivity contribution is -0.141. The van der Waals surface area contributed by atoms with Gasteiger partial charge in [0.1, 0.15) is 5.92 Å². The van der Waals surface area contributed by atoms with Gasteiger partial charge in [0.25, 0.3) is 0 Å². The predicted octanol–water partition coefficient (Wildman–Crippen LogP) is 2.70. The number of amides is 2. The summed E-state index contributed by atoms with van der Waals surface area (Å²) in [4.78, 5) is 25.3. The molecule has 7 nitrogen and oxygen atoms in total. The molecule has 1 aromatic heterocycles.